The van der Waals surface area contributed by atoms with E-state index in [0.29, 0.717) is 22.4 Å². The maximum Gasteiger partial charge on any atom is 0.242 e. The minimum Gasteiger partial charge on any atom is -0.495 e. The second kappa shape index (κ2) is 9.15. The monoisotopic (exact) mass is 469 g/mol. The number of carbonyl (C=O) groups is 1. The fourth-order valence-corrected chi connectivity index (χ4v) is 4.88. The third-order valence-corrected chi connectivity index (χ3v) is 6.63. The van der Waals surface area contributed by atoms with E-state index < -0.39 is 5.25 Å². The van der Waals surface area contributed by atoms with E-state index in [1.165, 1.54) is 11.8 Å². The van der Waals surface area contributed by atoms with Gasteiger partial charge in [-0.2, -0.15) is 4.52 Å². The van der Waals surface area contributed by atoms with Crippen LogP contribution in [0.1, 0.15) is 22.2 Å². The lowest BCUT2D eigenvalue weighted by Gasteiger charge is -2.18. The van der Waals surface area contributed by atoms with E-state index in [0.717, 1.165) is 27.7 Å². The molecule has 1 atom stereocenters. The summed E-state index contributed by atoms with van der Waals surface area (Å²) in [6, 6.07) is 23.2. The zero-order valence-corrected chi connectivity index (χ0v) is 19.8. The molecular weight excluding hydrogens is 446 g/mol. The van der Waals surface area contributed by atoms with Gasteiger partial charge in [0.25, 0.3) is 0 Å². The standard InChI is InChI=1S/C26H23N5O2S/c1-16-13-14-22(33-3)21(15-16)28-25(32)23(18-9-5-4-6-10-18)34-26-29-20-12-8-7-11-19(20)24-27-17(2)30-31(24)26/h4-15,23H,1-3H3,(H,28,32). The maximum absolute atomic E-state index is 13.6. The number of hydrogen-bond donors (Lipinski definition) is 1. The van der Waals surface area contributed by atoms with Gasteiger partial charge in [0.05, 0.1) is 18.3 Å². The number of para-hydroxylation sites is 1. The van der Waals surface area contributed by atoms with Gasteiger partial charge >= 0.3 is 0 Å². The van der Waals surface area contributed by atoms with Gasteiger partial charge in [-0.05, 0) is 49.2 Å². The number of aromatic nitrogens is 4. The number of rotatable bonds is 6. The topological polar surface area (TPSA) is 81.4 Å². The summed E-state index contributed by atoms with van der Waals surface area (Å²) in [5.41, 5.74) is 4.03. The van der Waals surface area contributed by atoms with E-state index in [-0.39, 0.29) is 5.91 Å². The Labute approximate surface area is 201 Å². The lowest BCUT2D eigenvalue weighted by molar-refractivity contribution is -0.115. The number of amides is 1. The highest BCUT2D eigenvalue weighted by atomic mass is 32.2. The molecule has 1 N–H and O–H groups in total. The van der Waals surface area contributed by atoms with Gasteiger partial charge in [-0.25, -0.2) is 9.97 Å². The first kappa shape index (κ1) is 21.9. The maximum atomic E-state index is 13.6. The summed E-state index contributed by atoms with van der Waals surface area (Å²) in [6.07, 6.45) is 0. The Morgan fingerprint density at radius 3 is 2.56 bits per heavy atom. The number of methoxy groups -OCH3 is 1. The summed E-state index contributed by atoms with van der Waals surface area (Å²) >= 11 is 1.34. The van der Waals surface area contributed by atoms with Gasteiger partial charge in [0.15, 0.2) is 10.8 Å². The summed E-state index contributed by atoms with van der Waals surface area (Å²) in [5.74, 6) is 1.07. The van der Waals surface area contributed by atoms with E-state index in [1.54, 1.807) is 11.6 Å². The van der Waals surface area contributed by atoms with Crippen molar-refractivity contribution in [2.45, 2.75) is 24.3 Å². The van der Waals surface area contributed by atoms with Crippen molar-refractivity contribution in [3.8, 4) is 5.75 Å². The average Bonchev–Trinajstić information content (AvgIpc) is 3.25. The molecule has 1 amide bonds. The molecule has 0 aliphatic heterocycles. The molecule has 0 spiro atoms. The molecule has 0 aliphatic rings. The van der Waals surface area contributed by atoms with E-state index in [2.05, 4.69) is 15.4 Å². The molecule has 0 saturated heterocycles. The third kappa shape index (κ3) is 4.20. The zero-order chi connectivity index (χ0) is 23.7. The lowest BCUT2D eigenvalue weighted by atomic mass is 10.1. The average molecular weight is 470 g/mol. The van der Waals surface area contributed by atoms with Crippen LogP contribution in [0.25, 0.3) is 16.6 Å². The highest BCUT2D eigenvalue weighted by Crippen LogP contribution is 2.37. The fourth-order valence-electron chi connectivity index (χ4n) is 3.83. The number of fused-ring (bicyclic) bond motifs is 3. The van der Waals surface area contributed by atoms with Gasteiger partial charge in [0, 0.05) is 5.39 Å². The summed E-state index contributed by atoms with van der Waals surface area (Å²) in [7, 11) is 1.59. The molecule has 0 saturated carbocycles. The molecule has 5 rings (SSSR count). The zero-order valence-electron chi connectivity index (χ0n) is 19.0. The first-order chi connectivity index (χ1) is 16.5. The van der Waals surface area contributed by atoms with Gasteiger partial charge in [-0.1, -0.05) is 60.3 Å². The van der Waals surface area contributed by atoms with Crippen LogP contribution in [0.2, 0.25) is 0 Å². The molecule has 34 heavy (non-hydrogen) atoms. The normalized spacial score (nSPS) is 12.1. The van der Waals surface area contributed by atoms with Gasteiger partial charge in [0.1, 0.15) is 16.8 Å². The van der Waals surface area contributed by atoms with Crippen molar-refractivity contribution in [3.63, 3.8) is 0 Å². The Hall–Kier alpha value is -3.91. The summed E-state index contributed by atoms with van der Waals surface area (Å²) in [6.45, 7) is 3.82. The molecule has 1 unspecified atom stereocenters. The van der Waals surface area contributed by atoms with Crippen LogP contribution in [-0.2, 0) is 4.79 Å². The molecule has 5 aromatic rings. The smallest absolute Gasteiger partial charge is 0.242 e. The number of nitrogens with one attached hydrogen (secondary N) is 1. The highest BCUT2D eigenvalue weighted by Gasteiger charge is 2.26. The van der Waals surface area contributed by atoms with Crippen LogP contribution >= 0.6 is 11.8 Å². The van der Waals surface area contributed by atoms with Gasteiger partial charge in [0.2, 0.25) is 5.91 Å². The number of thioether (sulfide) groups is 1. The molecular formula is C26H23N5O2S. The Morgan fingerprint density at radius 2 is 1.76 bits per heavy atom. The van der Waals surface area contributed by atoms with Gasteiger partial charge in [-0.3, -0.25) is 4.79 Å². The van der Waals surface area contributed by atoms with E-state index >= 15 is 0 Å². The molecule has 170 valence electrons. The van der Waals surface area contributed by atoms with Crippen LogP contribution < -0.4 is 10.1 Å². The van der Waals surface area contributed by atoms with Crippen molar-refractivity contribution in [3.05, 3.63) is 89.7 Å². The minimum atomic E-state index is -0.576. The minimum absolute atomic E-state index is 0.181. The Morgan fingerprint density at radius 1 is 1.00 bits per heavy atom. The summed E-state index contributed by atoms with van der Waals surface area (Å²) < 4.78 is 7.18. The van der Waals surface area contributed by atoms with Crippen LogP contribution in [0.5, 0.6) is 5.75 Å². The van der Waals surface area contributed by atoms with Crippen molar-refractivity contribution >= 4 is 39.9 Å². The molecule has 7 nitrogen and oxygen atoms in total. The SMILES string of the molecule is COc1ccc(C)cc1NC(=O)C(Sc1nc2ccccc2c2nc(C)nn12)c1ccccc1. The van der Waals surface area contributed by atoms with Crippen molar-refractivity contribution < 1.29 is 9.53 Å². The van der Waals surface area contributed by atoms with Crippen LogP contribution in [0.15, 0.2) is 78.0 Å². The Bertz CT molecular complexity index is 1500. The lowest BCUT2D eigenvalue weighted by Crippen LogP contribution is -2.20. The van der Waals surface area contributed by atoms with Gasteiger partial charge < -0.3 is 10.1 Å². The molecule has 0 fully saturated rings. The first-order valence-corrected chi connectivity index (χ1v) is 11.7. The van der Waals surface area contributed by atoms with Crippen molar-refractivity contribution in [2.24, 2.45) is 0 Å². The number of benzene rings is 3. The summed E-state index contributed by atoms with van der Waals surface area (Å²) in [5, 5.41) is 8.55. The molecule has 8 heteroatoms. The predicted molar refractivity (Wildman–Crippen MR) is 134 cm³/mol. The molecule has 2 heterocycles. The number of ether oxygens (including phenoxy) is 1. The number of nitrogens with zero attached hydrogens (tertiary/aromatic N) is 4. The summed E-state index contributed by atoms with van der Waals surface area (Å²) in [4.78, 5) is 23.1. The highest BCUT2D eigenvalue weighted by molar-refractivity contribution is 8.00. The largest absolute Gasteiger partial charge is 0.495 e. The quantitative estimate of drug-likeness (QED) is 0.266. The number of anilines is 1. The van der Waals surface area contributed by atoms with Crippen LogP contribution in [0.4, 0.5) is 5.69 Å². The number of aryl methyl sites for hydroxylation is 2. The number of carbonyl (C=O) groups excluding carboxylic acids is 1. The van der Waals surface area contributed by atoms with Crippen molar-refractivity contribution in [1.29, 1.82) is 0 Å². The molecule has 2 aromatic heterocycles. The third-order valence-electron chi connectivity index (χ3n) is 5.43. The van der Waals surface area contributed by atoms with E-state index in [4.69, 9.17) is 9.72 Å². The molecule has 3 aromatic carbocycles. The van der Waals surface area contributed by atoms with E-state index in [9.17, 15) is 4.79 Å². The Balaban J connectivity index is 1.58. The second-order valence-corrected chi connectivity index (χ2v) is 8.98. The van der Waals surface area contributed by atoms with Crippen LogP contribution in [0.3, 0.4) is 0 Å². The molecule has 0 aliphatic carbocycles. The van der Waals surface area contributed by atoms with Crippen molar-refractivity contribution in [2.75, 3.05) is 12.4 Å². The van der Waals surface area contributed by atoms with Crippen LogP contribution in [0, 0.1) is 13.8 Å². The van der Waals surface area contributed by atoms with Gasteiger partial charge in [-0.15, -0.1) is 5.10 Å². The molecule has 0 bridgehead atoms. The molecule has 0 radical (unpaired) electrons. The van der Waals surface area contributed by atoms with Crippen molar-refractivity contribution in [1.82, 2.24) is 19.6 Å². The Kier molecular flexibility index (Phi) is 5.90. The predicted octanol–water partition coefficient (Wildman–Crippen LogP) is 5.38. The van der Waals surface area contributed by atoms with E-state index in [1.807, 2.05) is 86.6 Å². The first-order valence-electron chi connectivity index (χ1n) is 10.8. The van der Waals surface area contributed by atoms with Crippen LogP contribution in [-0.4, -0.2) is 32.6 Å². The number of hydrogen-bond acceptors (Lipinski definition) is 6. The fraction of sp³-hybridized carbons (Fsp3) is 0.154. The second-order valence-electron chi connectivity index (χ2n) is 7.91.